The molecule has 140 valence electrons. The zero-order valence-corrected chi connectivity index (χ0v) is 16.3. The average Bonchev–Trinajstić information content (AvgIpc) is 3.03. The van der Waals surface area contributed by atoms with Gasteiger partial charge in [-0.1, -0.05) is 24.3 Å². The van der Waals surface area contributed by atoms with E-state index in [-0.39, 0.29) is 0 Å². The highest BCUT2D eigenvalue weighted by Crippen LogP contribution is 2.28. The molecule has 0 saturated carbocycles. The summed E-state index contributed by atoms with van der Waals surface area (Å²) in [6.45, 7) is 7.90. The largest absolute Gasteiger partial charge is 0.313 e. The van der Waals surface area contributed by atoms with Crippen LogP contribution in [0.25, 0.3) is 0 Å². The molecule has 0 aliphatic carbocycles. The van der Waals surface area contributed by atoms with E-state index in [9.17, 15) is 8.42 Å². The highest BCUT2D eigenvalue weighted by atomic mass is 32.2. The van der Waals surface area contributed by atoms with Crippen LogP contribution >= 0.6 is 0 Å². The third kappa shape index (κ3) is 5.03. The maximum Gasteiger partial charge on any atom is 0.211 e. The molecule has 5 nitrogen and oxygen atoms in total. The maximum absolute atomic E-state index is 11.6. The van der Waals surface area contributed by atoms with Gasteiger partial charge in [0.1, 0.15) is 0 Å². The number of nitrogens with zero attached hydrogens (tertiary/aromatic N) is 2. The topological polar surface area (TPSA) is 52.6 Å². The average molecular weight is 366 g/mol. The molecular weight excluding hydrogens is 334 g/mol. The summed E-state index contributed by atoms with van der Waals surface area (Å²) in [5.41, 5.74) is 2.91. The number of piperidine rings is 1. The highest BCUT2D eigenvalue weighted by molar-refractivity contribution is 7.88. The Balaban J connectivity index is 1.37. The number of aryl methyl sites for hydroxylation is 1. The molecule has 2 fully saturated rings. The molecule has 1 unspecified atom stereocenters. The van der Waals surface area contributed by atoms with Crippen molar-refractivity contribution in [1.82, 2.24) is 14.5 Å². The lowest BCUT2D eigenvalue weighted by Gasteiger charge is -2.31. The van der Waals surface area contributed by atoms with E-state index in [1.54, 1.807) is 4.31 Å². The van der Waals surface area contributed by atoms with E-state index in [4.69, 9.17) is 0 Å². The number of hydrogen-bond donors (Lipinski definition) is 1. The van der Waals surface area contributed by atoms with Crippen molar-refractivity contribution in [1.29, 1.82) is 0 Å². The second-order valence-electron chi connectivity index (χ2n) is 7.53. The summed E-state index contributed by atoms with van der Waals surface area (Å²) in [6, 6.07) is 9.20. The molecule has 0 radical (unpaired) electrons. The molecule has 0 amide bonds. The summed E-state index contributed by atoms with van der Waals surface area (Å²) in [6.07, 6.45) is 4.38. The predicted molar refractivity (Wildman–Crippen MR) is 102 cm³/mol. The quantitative estimate of drug-likeness (QED) is 0.835. The second kappa shape index (κ2) is 8.16. The van der Waals surface area contributed by atoms with Gasteiger partial charge in [0, 0.05) is 38.8 Å². The summed E-state index contributed by atoms with van der Waals surface area (Å²) < 4.78 is 24.7. The first-order valence-corrected chi connectivity index (χ1v) is 11.2. The Kier molecular flexibility index (Phi) is 6.15. The van der Waals surface area contributed by atoms with Crippen molar-refractivity contribution < 1.29 is 8.42 Å². The van der Waals surface area contributed by atoms with E-state index in [0.29, 0.717) is 25.0 Å². The minimum absolute atomic E-state index is 0.452. The second-order valence-corrected chi connectivity index (χ2v) is 9.52. The van der Waals surface area contributed by atoms with Crippen LogP contribution < -0.4 is 5.32 Å². The zero-order valence-electron chi connectivity index (χ0n) is 15.4. The van der Waals surface area contributed by atoms with Gasteiger partial charge in [-0.3, -0.25) is 0 Å². The number of hydrogen-bond acceptors (Lipinski definition) is 4. The van der Waals surface area contributed by atoms with E-state index < -0.39 is 10.0 Å². The normalized spacial score (nSPS) is 24.0. The third-order valence-electron chi connectivity index (χ3n) is 5.68. The fraction of sp³-hybridized carbons (Fsp3) is 0.684. The lowest BCUT2D eigenvalue weighted by molar-refractivity contribution is 0.273. The lowest BCUT2D eigenvalue weighted by Crippen LogP contribution is -2.46. The Morgan fingerprint density at radius 3 is 2.52 bits per heavy atom. The molecule has 1 aromatic carbocycles. The third-order valence-corrected chi connectivity index (χ3v) is 6.99. The van der Waals surface area contributed by atoms with Crippen LogP contribution in [0, 0.1) is 6.92 Å². The molecule has 0 bridgehead atoms. The summed E-state index contributed by atoms with van der Waals surface area (Å²) >= 11 is 0. The molecule has 2 heterocycles. The van der Waals surface area contributed by atoms with Crippen LogP contribution in [0.1, 0.15) is 36.3 Å². The first kappa shape index (κ1) is 18.8. The van der Waals surface area contributed by atoms with Crippen molar-refractivity contribution in [3.8, 4) is 0 Å². The Morgan fingerprint density at radius 1 is 1.12 bits per heavy atom. The van der Waals surface area contributed by atoms with Crippen LogP contribution in [-0.4, -0.2) is 69.2 Å². The monoisotopic (exact) mass is 365 g/mol. The van der Waals surface area contributed by atoms with Crippen LogP contribution in [0.5, 0.6) is 0 Å². The van der Waals surface area contributed by atoms with E-state index in [1.807, 2.05) is 0 Å². The first-order valence-electron chi connectivity index (χ1n) is 9.40. The summed E-state index contributed by atoms with van der Waals surface area (Å²) in [5, 5.41) is 3.62. The Morgan fingerprint density at radius 2 is 1.84 bits per heavy atom. The Bertz CT molecular complexity index is 669. The van der Waals surface area contributed by atoms with E-state index >= 15 is 0 Å². The molecule has 6 heteroatoms. The predicted octanol–water partition coefficient (Wildman–Crippen LogP) is 1.80. The van der Waals surface area contributed by atoms with Crippen LogP contribution in [0.3, 0.4) is 0 Å². The van der Waals surface area contributed by atoms with Gasteiger partial charge in [0.25, 0.3) is 0 Å². The van der Waals surface area contributed by atoms with Crippen molar-refractivity contribution in [2.75, 3.05) is 45.5 Å². The van der Waals surface area contributed by atoms with Crippen molar-refractivity contribution >= 4 is 10.0 Å². The minimum Gasteiger partial charge on any atom is -0.313 e. The zero-order chi connectivity index (χ0) is 17.9. The molecule has 3 rings (SSSR count). The fourth-order valence-electron chi connectivity index (χ4n) is 4.15. The van der Waals surface area contributed by atoms with Crippen LogP contribution in [-0.2, 0) is 10.0 Å². The number of rotatable bonds is 6. The SMILES string of the molecule is Cc1ccccc1C1CCN(CCNC2CCN(S(C)(=O)=O)CC2)C1. The smallest absolute Gasteiger partial charge is 0.211 e. The van der Waals surface area contributed by atoms with Crippen LogP contribution in [0.15, 0.2) is 24.3 Å². The van der Waals surface area contributed by atoms with Gasteiger partial charge in [-0.15, -0.1) is 0 Å². The summed E-state index contributed by atoms with van der Waals surface area (Å²) in [4.78, 5) is 2.55. The molecule has 0 spiro atoms. The highest BCUT2D eigenvalue weighted by Gasteiger charge is 2.26. The Hall–Kier alpha value is -0.950. The van der Waals surface area contributed by atoms with Crippen LogP contribution in [0.4, 0.5) is 0 Å². The molecule has 1 atom stereocenters. The molecule has 2 saturated heterocycles. The fourth-order valence-corrected chi connectivity index (χ4v) is 5.03. The lowest BCUT2D eigenvalue weighted by atomic mass is 9.94. The van der Waals surface area contributed by atoms with Crippen molar-refractivity contribution in [3.63, 3.8) is 0 Å². The van der Waals surface area contributed by atoms with E-state index in [2.05, 4.69) is 41.4 Å². The molecule has 2 aliphatic heterocycles. The maximum atomic E-state index is 11.6. The van der Waals surface area contributed by atoms with Crippen LogP contribution in [0.2, 0.25) is 0 Å². The van der Waals surface area contributed by atoms with Gasteiger partial charge in [-0.2, -0.15) is 0 Å². The van der Waals surface area contributed by atoms with Gasteiger partial charge in [0.15, 0.2) is 0 Å². The number of benzene rings is 1. The van der Waals surface area contributed by atoms with Crippen molar-refractivity contribution in [3.05, 3.63) is 35.4 Å². The van der Waals surface area contributed by atoms with Gasteiger partial charge in [0.2, 0.25) is 10.0 Å². The number of nitrogens with one attached hydrogen (secondary N) is 1. The standard InChI is InChI=1S/C19H31N3O2S/c1-16-5-3-4-6-19(16)17-7-11-21(15-17)14-10-20-18-8-12-22(13-9-18)25(2,23)24/h3-6,17-18,20H,7-15H2,1-2H3. The van der Waals surface area contributed by atoms with Gasteiger partial charge >= 0.3 is 0 Å². The number of sulfonamides is 1. The summed E-state index contributed by atoms with van der Waals surface area (Å²) in [5.74, 6) is 0.666. The van der Waals surface area contributed by atoms with Crippen molar-refractivity contribution in [2.45, 2.75) is 38.1 Å². The molecule has 0 aromatic heterocycles. The molecular formula is C19H31N3O2S. The number of likely N-dealkylation sites (tertiary alicyclic amines) is 1. The first-order chi connectivity index (χ1) is 11.9. The van der Waals surface area contributed by atoms with Gasteiger partial charge in [-0.05, 0) is 49.8 Å². The van der Waals surface area contributed by atoms with E-state index in [0.717, 1.165) is 32.5 Å². The van der Waals surface area contributed by atoms with E-state index in [1.165, 1.54) is 30.3 Å². The molecule has 1 N–H and O–H groups in total. The molecule has 2 aliphatic rings. The summed E-state index contributed by atoms with van der Waals surface area (Å²) in [7, 11) is -3.02. The Labute approximate surface area is 152 Å². The van der Waals surface area contributed by atoms with Crippen molar-refractivity contribution in [2.24, 2.45) is 0 Å². The van der Waals surface area contributed by atoms with Gasteiger partial charge < -0.3 is 10.2 Å². The molecule has 25 heavy (non-hydrogen) atoms. The minimum atomic E-state index is -3.02. The molecule has 1 aromatic rings. The van der Waals surface area contributed by atoms with Gasteiger partial charge in [0.05, 0.1) is 6.26 Å². The van der Waals surface area contributed by atoms with Gasteiger partial charge in [-0.25, -0.2) is 12.7 Å².